The summed E-state index contributed by atoms with van der Waals surface area (Å²) in [6.45, 7) is 4.60. The Bertz CT molecular complexity index is 732. The standard InChI is InChI=1S/C20H25N3O2/c1-15-6-3-4-9-19(15)22-20(24)21-13-16-10-11-23(14-16)17-7-5-8-18(12-17)25-2/h3-9,12,16H,10-11,13-14H2,1-2H3,(H2,21,22,24). The topological polar surface area (TPSA) is 53.6 Å². The van der Waals surface area contributed by atoms with E-state index in [0.29, 0.717) is 12.5 Å². The van der Waals surface area contributed by atoms with Crippen LogP contribution in [0, 0.1) is 12.8 Å². The number of carbonyl (C=O) groups excluding carboxylic acids is 1. The van der Waals surface area contributed by atoms with Crippen molar-refractivity contribution in [2.45, 2.75) is 13.3 Å². The van der Waals surface area contributed by atoms with E-state index < -0.39 is 0 Å². The van der Waals surface area contributed by atoms with E-state index in [0.717, 1.165) is 36.5 Å². The Morgan fingerprint density at radius 3 is 2.88 bits per heavy atom. The molecule has 0 aliphatic carbocycles. The molecular weight excluding hydrogens is 314 g/mol. The van der Waals surface area contributed by atoms with Crippen molar-refractivity contribution >= 4 is 17.4 Å². The van der Waals surface area contributed by atoms with E-state index in [2.05, 4.69) is 27.7 Å². The van der Waals surface area contributed by atoms with Gasteiger partial charge in [0.05, 0.1) is 7.11 Å². The van der Waals surface area contributed by atoms with Crippen molar-refractivity contribution in [1.82, 2.24) is 5.32 Å². The molecule has 1 saturated heterocycles. The first-order valence-corrected chi connectivity index (χ1v) is 8.65. The fraction of sp³-hybridized carbons (Fsp3) is 0.350. The number of nitrogens with zero attached hydrogens (tertiary/aromatic N) is 1. The lowest BCUT2D eigenvalue weighted by molar-refractivity contribution is 0.250. The van der Waals surface area contributed by atoms with Crippen LogP contribution in [0.25, 0.3) is 0 Å². The summed E-state index contributed by atoms with van der Waals surface area (Å²) in [5.74, 6) is 1.32. The van der Waals surface area contributed by atoms with Crippen molar-refractivity contribution in [2.75, 3.05) is 37.0 Å². The number of carbonyl (C=O) groups is 1. The second-order valence-corrected chi connectivity index (χ2v) is 6.45. The van der Waals surface area contributed by atoms with Crippen molar-refractivity contribution in [1.29, 1.82) is 0 Å². The summed E-state index contributed by atoms with van der Waals surface area (Å²) in [5, 5.41) is 5.91. The average Bonchev–Trinajstić information content (AvgIpc) is 3.11. The van der Waals surface area contributed by atoms with Crippen LogP contribution in [-0.2, 0) is 0 Å². The van der Waals surface area contributed by atoms with Gasteiger partial charge in [-0.25, -0.2) is 4.79 Å². The number of rotatable bonds is 5. The highest BCUT2D eigenvalue weighted by Crippen LogP contribution is 2.26. The van der Waals surface area contributed by atoms with Crippen LogP contribution in [0.5, 0.6) is 5.75 Å². The van der Waals surface area contributed by atoms with Gasteiger partial charge in [-0.05, 0) is 43.0 Å². The fourth-order valence-corrected chi connectivity index (χ4v) is 3.16. The number of amides is 2. The Kier molecular flexibility index (Phi) is 5.43. The van der Waals surface area contributed by atoms with Crippen molar-refractivity contribution in [3.63, 3.8) is 0 Å². The molecule has 1 aliphatic rings. The van der Waals surface area contributed by atoms with Crippen LogP contribution in [0.4, 0.5) is 16.2 Å². The van der Waals surface area contributed by atoms with E-state index in [1.54, 1.807) is 7.11 Å². The van der Waals surface area contributed by atoms with E-state index in [4.69, 9.17) is 4.74 Å². The second-order valence-electron chi connectivity index (χ2n) is 6.45. The zero-order chi connectivity index (χ0) is 17.6. The molecule has 1 heterocycles. The van der Waals surface area contributed by atoms with Gasteiger partial charge in [-0.1, -0.05) is 24.3 Å². The molecule has 0 radical (unpaired) electrons. The number of para-hydroxylation sites is 1. The largest absolute Gasteiger partial charge is 0.497 e. The number of hydrogen-bond donors (Lipinski definition) is 2. The second kappa shape index (κ2) is 7.92. The quantitative estimate of drug-likeness (QED) is 0.874. The van der Waals surface area contributed by atoms with Gasteiger partial charge in [0.15, 0.2) is 0 Å². The van der Waals surface area contributed by atoms with Crippen LogP contribution in [0.1, 0.15) is 12.0 Å². The highest BCUT2D eigenvalue weighted by atomic mass is 16.5. The van der Waals surface area contributed by atoms with Gasteiger partial charge in [-0.2, -0.15) is 0 Å². The Morgan fingerprint density at radius 1 is 1.24 bits per heavy atom. The zero-order valence-electron chi connectivity index (χ0n) is 14.8. The van der Waals surface area contributed by atoms with Crippen LogP contribution in [-0.4, -0.2) is 32.8 Å². The SMILES string of the molecule is COc1cccc(N2CCC(CNC(=O)Nc3ccccc3C)C2)c1. The third-order valence-electron chi connectivity index (χ3n) is 4.65. The number of urea groups is 1. The lowest BCUT2D eigenvalue weighted by atomic mass is 10.1. The minimum atomic E-state index is -0.144. The summed E-state index contributed by atoms with van der Waals surface area (Å²) in [5.41, 5.74) is 3.08. The van der Waals surface area contributed by atoms with Gasteiger partial charge < -0.3 is 20.3 Å². The Balaban J connectivity index is 1.48. The number of anilines is 2. The molecule has 1 unspecified atom stereocenters. The normalized spacial score (nSPS) is 16.6. The summed E-state index contributed by atoms with van der Waals surface area (Å²) in [7, 11) is 1.68. The van der Waals surface area contributed by atoms with Crippen molar-refractivity contribution in [3.05, 3.63) is 54.1 Å². The van der Waals surface area contributed by atoms with Gasteiger partial charge in [-0.15, -0.1) is 0 Å². The molecule has 0 bridgehead atoms. The van der Waals surface area contributed by atoms with Gasteiger partial charge >= 0.3 is 6.03 Å². The molecule has 3 rings (SSSR count). The molecule has 25 heavy (non-hydrogen) atoms. The van der Waals surface area contributed by atoms with Crippen molar-refractivity contribution < 1.29 is 9.53 Å². The molecular formula is C20H25N3O2. The zero-order valence-corrected chi connectivity index (χ0v) is 14.8. The first kappa shape index (κ1) is 17.1. The van der Waals surface area contributed by atoms with Crippen LogP contribution < -0.4 is 20.3 Å². The maximum absolute atomic E-state index is 12.1. The Hall–Kier alpha value is -2.69. The highest BCUT2D eigenvalue weighted by Gasteiger charge is 2.23. The smallest absolute Gasteiger partial charge is 0.319 e. The number of benzene rings is 2. The van der Waals surface area contributed by atoms with Gasteiger partial charge in [0, 0.05) is 37.1 Å². The van der Waals surface area contributed by atoms with Crippen LogP contribution in [0.3, 0.4) is 0 Å². The third kappa shape index (κ3) is 4.44. The summed E-state index contributed by atoms with van der Waals surface area (Å²) in [4.78, 5) is 14.4. The Labute approximate surface area is 149 Å². The monoisotopic (exact) mass is 339 g/mol. The first-order chi connectivity index (χ1) is 12.2. The van der Waals surface area contributed by atoms with E-state index in [9.17, 15) is 4.79 Å². The molecule has 132 valence electrons. The average molecular weight is 339 g/mol. The summed E-state index contributed by atoms with van der Waals surface area (Å²) >= 11 is 0. The van der Waals surface area contributed by atoms with E-state index >= 15 is 0 Å². The molecule has 5 heteroatoms. The fourth-order valence-electron chi connectivity index (χ4n) is 3.16. The predicted molar refractivity (Wildman–Crippen MR) is 102 cm³/mol. The van der Waals surface area contributed by atoms with Crippen LogP contribution in [0.2, 0.25) is 0 Å². The minimum absolute atomic E-state index is 0.144. The van der Waals surface area contributed by atoms with E-state index in [1.165, 1.54) is 5.69 Å². The summed E-state index contributed by atoms with van der Waals surface area (Å²) in [6.07, 6.45) is 1.07. The number of hydrogen-bond acceptors (Lipinski definition) is 3. The molecule has 1 aliphatic heterocycles. The van der Waals surface area contributed by atoms with Gasteiger partial charge in [0.25, 0.3) is 0 Å². The molecule has 0 spiro atoms. The molecule has 1 atom stereocenters. The molecule has 2 N–H and O–H groups in total. The third-order valence-corrected chi connectivity index (χ3v) is 4.65. The Morgan fingerprint density at radius 2 is 2.08 bits per heavy atom. The summed E-state index contributed by atoms with van der Waals surface area (Å²) < 4.78 is 5.29. The first-order valence-electron chi connectivity index (χ1n) is 8.65. The number of ether oxygens (including phenoxy) is 1. The van der Waals surface area contributed by atoms with Crippen LogP contribution in [0.15, 0.2) is 48.5 Å². The molecule has 5 nitrogen and oxygen atoms in total. The van der Waals surface area contributed by atoms with Gasteiger partial charge in [-0.3, -0.25) is 0 Å². The lowest BCUT2D eigenvalue weighted by Crippen LogP contribution is -2.34. The minimum Gasteiger partial charge on any atom is -0.497 e. The van der Waals surface area contributed by atoms with Crippen LogP contribution >= 0.6 is 0 Å². The predicted octanol–water partition coefficient (Wildman–Crippen LogP) is 3.65. The summed E-state index contributed by atoms with van der Waals surface area (Å²) in [6, 6.07) is 15.8. The van der Waals surface area contributed by atoms with E-state index in [1.807, 2.05) is 43.3 Å². The maximum atomic E-state index is 12.1. The molecule has 0 saturated carbocycles. The molecule has 2 amide bonds. The van der Waals surface area contributed by atoms with Gasteiger partial charge in [0.1, 0.15) is 5.75 Å². The van der Waals surface area contributed by atoms with Crippen molar-refractivity contribution in [2.24, 2.45) is 5.92 Å². The number of methoxy groups -OCH3 is 1. The molecule has 0 aromatic heterocycles. The van der Waals surface area contributed by atoms with E-state index in [-0.39, 0.29) is 6.03 Å². The molecule has 2 aromatic carbocycles. The van der Waals surface area contributed by atoms with Crippen molar-refractivity contribution in [3.8, 4) is 5.75 Å². The molecule has 2 aromatic rings. The number of aryl methyl sites for hydroxylation is 1. The maximum Gasteiger partial charge on any atom is 0.319 e. The highest BCUT2D eigenvalue weighted by molar-refractivity contribution is 5.90. The lowest BCUT2D eigenvalue weighted by Gasteiger charge is -2.19. The molecule has 1 fully saturated rings. The van der Waals surface area contributed by atoms with Gasteiger partial charge in [0.2, 0.25) is 0 Å². The number of nitrogens with one attached hydrogen (secondary N) is 2.